The molecular weight excluding hydrogens is 292 g/mol. The first-order valence-electron chi connectivity index (χ1n) is 9.57. The van der Waals surface area contributed by atoms with E-state index in [0.29, 0.717) is 6.42 Å². The minimum absolute atomic E-state index is 0.309. The molecule has 0 saturated heterocycles. The molecule has 0 aromatic rings. The maximum Gasteiger partial charge on any atom is 0.304 e. The molecule has 0 heterocycles. The van der Waals surface area contributed by atoms with Crippen LogP contribution in [0.15, 0.2) is 0 Å². The summed E-state index contributed by atoms with van der Waals surface area (Å²) in [5.74, 6) is 1.23. The highest BCUT2D eigenvalue weighted by atomic mass is 32.2. The Bertz CT molecular complexity index is 231. The van der Waals surface area contributed by atoms with Crippen molar-refractivity contribution in [2.75, 3.05) is 11.5 Å². The second-order valence-electron chi connectivity index (χ2n) is 6.35. The molecule has 0 aliphatic carbocycles. The number of hydrogen-bond donors (Lipinski definition) is 1. The number of carboxylic acids is 1. The number of carbonyl (C=O) groups is 1. The van der Waals surface area contributed by atoms with Crippen LogP contribution in [-0.2, 0) is 4.79 Å². The van der Waals surface area contributed by atoms with E-state index < -0.39 is 5.97 Å². The first-order chi connectivity index (χ1) is 10.8. The SMILES string of the molecule is CCCCCCCCCCCCCCCCSCCC(=O)O. The number of unbranched alkanes of at least 4 members (excludes halogenated alkanes) is 13. The van der Waals surface area contributed by atoms with Gasteiger partial charge in [-0.2, -0.15) is 11.8 Å². The second-order valence-corrected chi connectivity index (χ2v) is 7.58. The maximum atomic E-state index is 10.3. The van der Waals surface area contributed by atoms with Gasteiger partial charge in [-0.15, -0.1) is 0 Å². The van der Waals surface area contributed by atoms with Crippen LogP contribution in [0.3, 0.4) is 0 Å². The Hall–Kier alpha value is -0.180. The zero-order chi connectivity index (χ0) is 16.3. The van der Waals surface area contributed by atoms with Gasteiger partial charge in [0, 0.05) is 5.75 Å². The van der Waals surface area contributed by atoms with E-state index in [1.807, 2.05) is 0 Å². The van der Waals surface area contributed by atoms with Crippen LogP contribution in [0.2, 0.25) is 0 Å². The van der Waals surface area contributed by atoms with E-state index in [0.717, 1.165) is 11.5 Å². The summed E-state index contributed by atoms with van der Waals surface area (Å²) in [5.41, 5.74) is 0. The number of rotatable bonds is 18. The van der Waals surface area contributed by atoms with Crippen molar-refractivity contribution in [2.45, 2.75) is 103 Å². The molecule has 0 aliphatic rings. The van der Waals surface area contributed by atoms with Crippen LogP contribution < -0.4 is 0 Å². The molecule has 0 spiro atoms. The van der Waals surface area contributed by atoms with Gasteiger partial charge in [0.2, 0.25) is 0 Å². The molecule has 0 atom stereocenters. The topological polar surface area (TPSA) is 37.3 Å². The van der Waals surface area contributed by atoms with E-state index in [1.54, 1.807) is 11.8 Å². The fourth-order valence-electron chi connectivity index (χ4n) is 2.66. The van der Waals surface area contributed by atoms with Gasteiger partial charge in [0.15, 0.2) is 0 Å². The van der Waals surface area contributed by atoms with Crippen LogP contribution in [0.5, 0.6) is 0 Å². The summed E-state index contributed by atoms with van der Waals surface area (Å²) in [5, 5.41) is 8.53. The van der Waals surface area contributed by atoms with Gasteiger partial charge >= 0.3 is 5.97 Å². The monoisotopic (exact) mass is 330 g/mol. The lowest BCUT2D eigenvalue weighted by molar-refractivity contribution is -0.136. The molecule has 0 unspecified atom stereocenters. The first kappa shape index (κ1) is 21.8. The third-order valence-electron chi connectivity index (χ3n) is 4.10. The lowest BCUT2D eigenvalue weighted by Crippen LogP contribution is -1.96. The van der Waals surface area contributed by atoms with Crippen LogP contribution >= 0.6 is 11.8 Å². The standard InChI is InChI=1S/C19H38O2S/c1-2-3-4-5-6-7-8-9-10-11-12-13-14-15-17-22-18-16-19(20)21/h2-18H2,1H3,(H,20,21). The number of thioether (sulfide) groups is 1. The predicted octanol–water partition coefficient (Wildman–Crippen LogP) is 6.68. The summed E-state index contributed by atoms with van der Waals surface area (Å²) in [6, 6.07) is 0. The summed E-state index contributed by atoms with van der Waals surface area (Å²) in [7, 11) is 0. The average Bonchev–Trinajstić information content (AvgIpc) is 2.50. The van der Waals surface area contributed by atoms with E-state index in [-0.39, 0.29) is 0 Å². The lowest BCUT2D eigenvalue weighted by Gasteiger charge is -2.03. The fourth-order valence-corrected chi connectivity index (χ4v) is 3.59. The summed E-state index contributed by atoms with van der Waals surface area (Å²) in [6.07, 6.45) is 19.8. The summed E-state index contributed by atoms with van der Waals surface area (Å²) >= 11 is 1.78. The van der Waals surface area contributed by atoms with Crippen molar-refractivity contribution in [1.29, 1.82) is 0 Å². The van der Waals surface area contributed by atoms with Gasteiger partial charge in [-0.1, -0.05) is 90.4 Å². The van der Waals surface area contributed by atoms with E-state index in [2.05, 4.69) is 6.92 Å². The minimum Gasteiger partial charge on any atom is -0.481 e. The maximum absolute atomic E-state index is 10.3. The molecule has 0 radical (unpaired) electrons. The van der Waals surface area contributed by atoms with Crippen molar-refractivity contribution < 1.29 is 9.90 Å². The zero-order valence-electron chi connectivity index (χ0n) is 14.8. The van der Waals surface area contributed by atoms with Crippen molar-refractivity contribution >= 4 is 17.7 Å². The Morgan fingerprint density at radius 2 is 1.09 bits per heavy atom. The lowest BCUT2D eigenvalue weighted by atomic mass is 10.0. The van der Waals surface area contributed by atoms with Crippen molar-refractivity contribution in [3.8, 4) is 0 Å². The Morgan fingerprint density at radius 1 is 0.682 bits per heavy atom. The summed E-state index contributed by atoms with van der Waals surface area (Å²) < 4.78 is 0. The highest BCUT2D eigenvalue weighted by Crippen LogP contribution is 2.14. The Kier molecular flexibility index (Phi) is 18.7. The molecule has 1 N–H and O–H groups in total. The van der Waals surface area contributed by atoms with E-state index in [1.165, 1.54) is 89.9 Å². The quantitative estimate of drug-likeness (QED) is 0.285. The fraction of sp³-hybridized carbons (Fsp3) is 0.947. The van der Waals surface area contributed by atoms with Crippen LogP contribution in [0.25, 0.3) is 0 Å². The van der Waals surface area contributed by atoms with Crippen molar-refractivity contribution in [3.63, 3.8) is 0 Å². The van der Waals surface area contributed by atoms with Crippen LogP contribution in [-0.4, -0.2) is 22.6 Å². The predicted molar refractivity (Wildman–Crippen MR) is 99.9 cm³/mol. The van der Waals surface area contributed by atoms with Crippen LogP contribution in [0.1, 0.15) is 103 Å². The first-order valence-corrected chi connectivity index (χ1v) is 10.7. The molecule has 0 bridgehead atoms. The highest BCUT2D eigenvalue weighted by Gasteiger charge is 1.97. The number of aliphatic carboxylic acids is 1. The number of carboxylic acid groups (broad SMARTS) is 1. The highest BCUT2D eigenvalue weighted by molar-refractivity contribution is 7.99. The molecule has 0 aliphatic heterocycles. The smallest absolute Gasteiger partial charge is 0.304 e. The molecule has 3 heteroatoms. The third kappa shape index (κ3) is 19.8. The van der Waals surface area contributed by atoms with Gasteiger partial charge in [0.05, 0.1) is 6.42 Å². The molecule has 132 valence electrons. The normalized spacial score (nSPS) is 11.0. The van der Waals surface area contributed by atoms with Gasteiger partial charge in [0.1, 0.15) is 0 Å². The van der Waals surface area contributed by atoms with E-state index >= 15 is 0 Å². The van der Waals surface area contributed by atoms with Crippen molar-refractivity contribution in [1.82, 2.24) is 0 Å². The van der Waals surface area contributed by atoms with Gasteiger partial charge < -0.3 is 5.11 Å². The average molecular weight is 331 g/mol. The van der Waals surface area contributed by atoms with Gasteiger partial charge in [-0.25, -0.2) is 0 Å². The van der Waals surface area contributed by atoms with Crippen LogP contribution in [0.4, 0.5) is 0 Å². The Labute approximate surface area is 142 Å². The molecule has 0 aromatic carbocycles. The molecule has 0 saturated carbocycles. The number of hydrogen-bond acceptors (Lipinski definition) is 2. The molecule has 0 aromatic heterocycles. The van der Waals surface area contributed by atoms with Crippen LogP contribution in [0, 0.1) is 0 Å². The van der Waals surface area contributed by atoms with Crippen molar-refractivity contribution in [2.24, 2.45) is 0 Å². The summed E-state index contributed by atoms with van der Waals surface area (Å²) in [6.45, 7) is 2.28. The summed E-state index contributed by atoms with van der Waals surface area (Å²) in [4.78, 5) is 10.3. The molecule has 2 nitrogen and oxygen atoms in total. The third-order valence-corrected chi connectivity index (χ3v) is 5.17. The zero-order valence-corrected chi connectivity index (χ0v) is 15.6. The molecule has 0 fully saturated rings. The molecule has 0 rings (SSSR count). The van der Waals surface area contributed by atoms with Gasteiger partial charge in [0.25, 0.3) is 0 Å². The minimum atomic E-state index is -0.673. The Balaban J connectivity index is 2.95. The van der Waals surface area contributed by atoms with E-state index in [4.69, 9.17) is 5.11 Å². The molecule has 0 amide bonds. The second kappa shape index (κ2) is 18.9. The van der Waals surface area contributed by atoms with E-state index in [9.17, 15) is 4.79 Å². The largest absolute Gasteiger partial charge is 0.481 e. The molecular formula is C19H38O2S. The van der Waals surface area contributed by atoms with Crippen molar-refractivity contribution in [3.05, 3.63) is 0 Å². The molecule has 22 heavy (non-hydrogen) atoms. The Morgan fingerprint density at radius 3 is 1.50 bits per heavy atom. The van der Waals surface area contributed by atoms with Gasteiger partial charge in [-0.3, -0.25) is 4.79 Å². The van der Waals surface area contributed by atoms with Gasteiger partial charge in [-0.05, 0) is 12.2 Å².